The minimum absolute atomic E-state index is 0.137. The maximum absolute atomic E-state index is 11.2. The number of nitrogens with zero attached hydrogens (tertiary/aromatic N) is 1. The van der Waals surface area contributed by atoms with Gasteiger partial charge in [0, 0.05) is 24.1 Å². The van der Waals surface area contributed by atoms with Gasteiger partial charge in [-0.15, -0.1) is 0 Å². The summed E-state index contributed by atoms with van der Waals surface area (Å²) in [6.45, 7) is 1.81. The number of anilines is 3. The number of aryl methyl sites for hydroxylation is 1. The molecule has 0 fully saturated rings. The highest BCUT2D eigenvalue weighted by Crippen LogP contribution is 2.29. The highest BCUT2D eigenvalue weighted by molar-refractivity contribution is 5.96. The molecule has 0 amide bonds. The first-order valence-corrected chi connectivity index (χ1v) is 5.93. The SMILES string of the molecule is Cc1cc(N(C)c2ccccc2)cc(C(=O)O)c1N. The normalized spacial score (nSPS) is 10.2. The third-order valence-electron chi connectivity index (χ3n) is 3.13. The van der Waals surface area contributed by atoms with E-state index in [4.69, 9.17) is 10.8 Å². The van der Waals surface area contributed by atoms with Gasteiger partial charge in [0.15, 0.2) is 0 Å². The molecule has 19 heavy (non-hydrogen) atoms. The molecule has 0 radical (unpaired) electrons. The van der Waals surface area contributed by atoms with E-state index in [9.17, 15) is 4.79 Å². The average molecular weight is 256 g/mol. The van der Waals surface area contributed by atoms with Gasteiger partial charge >= 0.3 is 5.97 Å². The van der Waals surface area contributed by atoms with Crippen LogP contribution in [0.2, 0.25) is 0 Å². The van der Waals surface area contributed by atoms with Crippen molar-refractivity contribution in [2.75, 3.05) is 17.7 Å². The Labute approximate surface area is 112 Å². The second-order valence-electron chi connectivity index (χ2n) is 4.42. The van der Waals surface area contributed by atoms with Gasteiger partial charge in [-0.3, -0.25) is 0 Å². The summed E-state index contributed by atoms with van der Waals surface area (Å²) in [5.74, 6) is -1.01. The van der Waals surface area contributed by atoms with Crippen LogP contribution in [-0.4, -0.2) is 18.1 Å². The van der Waals surface area contributed by atoms with Crippen molar-refractivity contribution in [1.29, 1.82) is 0 Å². The molecule has 0 atom stereocenters. The number of hydrogen-bond donors (Lipinski definition) is 2. The molecule has 4 heteroatoms. The molecular weight excluding hydrogens is 240 g/mol. The second kappa shape index (κ2) is 5.02. The van der Waals surface area contributed by atoms with Gasteiger partial charge in [0.25, 0.3) is 0 Å². The van der Waals surface area contributed by atoms with Gasteiger partial charge < -0.3 is 15.7 Å². The highest BCUT2D eigenvalue weighted by Gasteiger charge is 2.14. The van der Waals surface area contributed by atoms with E-state index in [1.807, 2.05) is 55.3 Å². The van der Waals surface area contributed by atoms with Crippen LogP contribution in [0.5, 0.6) is 0 Å². The molecular formula is C15H16N2O2. The molecule has 0 heterocycles. The van der Waals surface area contributed by atoms with E-state index in [1.165, 1.54) is 0 Å². The van der Waals surface area contributed by atoms with Gasteiger partial charge in [-0.1, -0.05) is 18.2 Å². The number of hydrogen-bond acceptors (Lipinski definition) is 3. The first-order valence-electron chi connectivity index (χ1n) is 5.93. The Morgan fingerprint density at radius 3 is 2.37 bits per heavy atom. The molecule has 2 rings (SSSR count). The summed E-state index contributed by atoms with van der Waals surface area (Å²) in [6, 6.07) is 13.2. The van der Waals surface area contributed by atoms with Crippen molar-refractivity contribution in [3.63, 3.8) is 0 Å². The highest BCUT2D eigenvalue weighted by atomic mass is 16.4. The van der Waals surface area contributed by atoms with Crippen LogP contribution in [0.4, 0.5) is 17.1 Å². The van der Waals surface area contributed by atoms with Gasteiger partial charge in [-0.2, -0.15) is 0 Å². The Kier molecular flexibility index (Phi) is 3.42. The van der Waals surface area contributed by atoms with Crippen LogP contribution in [0.3, 0.4) is 0 Å². The van der Waals surface area contributed by atoms with Gasteiger partial charge in [-0.05, 0) is 36.8 Å². The Hall–Kier alpha value is -2.49. The average Bonchev–Trinajstić information content (AvgIpc) is 2.41. The smallest absolute Gasteiger partial charge is 0.337 e. The molecule has 0 aromatic heterocycles. The Bertz CT molecular complexity index is 609. The lowest BCUT2D eigenvalue weighted by Gasteiger charge is -2.21. The predicted octanol–water partition coefficient (Wildman–Crippen LogP) is 3.04. The van der Waals surface area contributed by atoms with E-state index in [1.54, 1.807) is 6.07 Å². The molecule has 4 nitrogen and oxygen atoms in total. The minimum atomic E-state index is -1.01. The van der Waals surface area contributed by atoms with E-state index in [0.29, 0.717) is 5.69 Å². The summed E-state index contributed by atoms with van der Waals surface area (Å²) in [5.41, 5.74) is 8.80. The number of nitrogens with two attached hydrogens (primary N) is 1. The number of para-hydroxylation sites is 1. The number of aromatic carboxylic acids is 1. The number of benzene rings is 2. The first kappa shape index (κ1) is 13.0. The zero-order valence-electron chi connectivity index (χ0n) is 10.9. The van der Waals surface area contributed by atoms with Crippen LogP contribution in [0.1, 0.15) is 15.9 Å². The molecule has 2 aromatic rings. The molecule has 0 saturated heterocycles. The lowest BCUT2D eigenvalue weighted by molar-refractivity contribution is 0.0698. The van der Waals surface area contributed by atoms with Crippen molar-refractivity contribution >= 4 is 23.0 Å². The lowest BCUT2D eigenvalue weighted by Crippen LogP contribution is -2.12. The fraction of sp³-hybridized carbons (Fsp3) is 0.133. The van der Waals surface area contributed by atoms with Crippen molar-refractivity contribution in [3.8, 4) is 0 Å². The molecule has 98 valence electrons. The largest absolute Gasteiger partial charge is 0.478 e. The number of nitrogen functional groups attached to an aromatic ring is 1. The summed E-state index contributed by atoms with van der Waals surface area (Å²) in [4.78, 5) is 13.1. The van der Waals surface area contributed by atoms with Crippen molar-refractivity contribution in [1.82, 2.24) is 0 Å². The zero-order valence-corrected chi connectivity index (χ0v) is 10.9. The van der Waals surface area contributed by atoms with Crippen LogP contribution in [0, 0.1) is 6.92 Å². The third-order valence-corrected chi connectivity index (χ3v) is 3.13. The molecule has 0 aliphatic rings. The summed E-state index contributed by atoms with van der Waals surface area (Å²) in [7, 11) is 1.89. The first-order chi connectivity index (χ1) is 9.00. The molecule has 0 saturated carbocycles. The van der Waals surface area contributed by atoms with E-state index >= 15 is 0 Å². The van der Waals surface area contributed by atoms with E-state index < -0.39 is 5.97 Å². The summed E-state index contributed by atoms with van der Waals surface area (Å²) >= 11 is 0. The van der Waals surface area contributed by atoms with Crippen molar-refractivity contribution in [3.05, 3.63) is 53.6 Å². The van der Waals surface area contributed by atoms with Crippen LogP contribution < -0.4 is 10.6 Å². The van der Waals surface area contributed by atoms with Crippen molar-refractivity contribution in [2.45, 2.75) is 6.92 Å². The van der Waals surface area contributed by atoms with Gasteiger partial charge in [0.2, 0.25) is 0 Å². The topological polar surface area (TPSA) is 66.6 Å². The molecule has 0 unspecified atom stereocenters. The van der Waals surface area contributed by atoms with Gasteiger partial charge in [0.05, 0.1) is 5.56 Å². The quantitative estimate of drug-likeness (QED) is 0.828. The Morgan fingerprint density at radius 1 is 1.16 bits per heavy atom. The Morgan fingerprint density at radius 2 is 1.79 bits per heavy atom. The molecule has 0 aliphatic heterocycles. The van der Waals surface area contributed by atoms with Crippen LogP contribution in [0.15, 0.2) is 42.5 Å². The number of carboxylic acids is 1. The van der Waals surface area contributed by atoms with Gasteiger partial charge in [-0.25, -0.2) is 4.79 Å². The molecule has 3 N–H and O–H groups in total. The number of carboxylic acid groups (broad SMARTS) is 1. The standard InChI is InChI=1S/C15H16N2O2/c1-10-8-12(9-13(14(10)16)15(18)19)17(2)11-6-4-3-5-7-11/h3-9H,16H2,1-2H3,(H,18,19). The molecule has 0 bridgehead atoms. The minimum Gasteiger partial charge on any atom is -0.478 e. The summed E-state index contributed by atoms with van der Waals surface area (Å²) < 4.78 is 0. The summed E-state index contributed by atoms with van der Waals surface area (Å²) in [6.07, 6.45) is 0. The summed E-state index contributed by atoms with van der Waals surface area (Å²) in [5, 5.41) is 9.17. The maximum Gasteiger partial charge on any atom is 0.337 e. The lowest BCUT2D eigenvalue weighted by atomic mass is 10.1. The molecule has 0 aliphatic carbocycles. The van der Waals surface area contributed by atoms with Crippen LogP contribution in [0.25, 0.3) is 0 Å². The third kappa shape index (κ3) is 2.52. The van der Waals surface area contributed by atoms with Gasteiger partial charge in [0.1, 0.15) is 0 Å². The fourth-order valence-corrected chi connectivity index (χ4v) is 1.95. The van der Waals surface area contributed by atoms with E-state index in [0.717, 1.165) is 16.9 Å². The molecule has 2 aromatic carbocycles. The predicted molar refractivity (Wildman–Crippen MR) is 77.1 cm³/mol. The number of rotatable bonds is 3. The number of carbonyl (C=O) groups is 1. The second-order valence-corrected chi connectivity index (χ2v) is 4.42. The van der Waals surface area contributed by atoms with Crippen LogP contribution in [-0.2, 0) is 0 Å². The van der Waals surface area contributed by atoms with Crippen LogP contribution >= 0.6 is 0 Å². The van der Waals surface area contributed by atoms with E-state index in [2.05, 4.69) is 0 Å². The fourth-order valence-electron chi connectivity index (χ4n) is 1.95. The van der Waals surface area contributed by atoms with Crippen molar-refractivity contribution < 1.29 is 9.90 Å². The monoisotopic (exact) mass is 256 g/mol. The van der Waals surface area contributed by atoms with Crippen molar-refractivity contribution in [2.24, 2.45) is 0 Å². The van der Waals surface area contributed by atoms with E-state index in [-0.39, 0.29) is 5.56 Å². The molecule has 0 spiro atoms. The zero-order chi connectivity index (χ0) is 14.0. The maximum atomic E-state index is 11.2. The Balaban J connectivity index is 2.49.